The van der Waals surface area contributed by atoms with Gasteiger partial charge >= 0.3 is 0 Å². The van der Waals surface area contributed by atoms with Crippen molar-refractivity contribution in [3.8, 4) is 0 Å². The van der Waals surface area contributed by atoms with E-state index in [9.17, 15) is 13.6 Å². The standard InChI is InChI=1S/C15H13ClF2N2O/c1-9-5-13(16)12(7-19-9)15(21)20(2)8-10-3-4-11(17)6-14(10)18/h3-7H,8H2,1-2H3. The first-order chi connectivity index (χ1) is 9.88. The number of pyridine rings is 1. The van der Waals surface area contributed by atoms with E-state index in [2.05, 4.69) is 4.98 Å². The van der Waals surface area contributed by atoms with Crippen molar-refractivity contribution < 1.29 is 13.6 Å². The van der Waals surface area contributed by atoms with E-state index >= 15 is 0 Å². The van der Waals surface area contributed by atoms with Gasteiger partial charge in [0.15, 0.2) is 0 Å². The lowest BCUT2D eigenvalue weighted by Gasteiger charge is -2.18. The quantitative estimate of drug-likeness (QED) is 0.868. The van der Waals surface area contributed by atoms with Crippen molar-refractivity contribution in [1.29, 1.82) is 0 Å². The molecule has 6 heteroatoms. The zero-order chi connectivity index (χ0) is 15.6. The molecule has 1 aromatic carbocycles. The zero-order valence-electron chi connectivity index (χ0n) is 11.5. The fourth-order valence-electron chi connectivity index (χ4n) is 1.87. The topological polar surface area (TPSA) is 33.2 Å². The average molecular weight is 311 g/mol. The summed E-state index contributed by atoms with van der Waals surface area (Å²) in [6, 6.07) is 4.83. The number of aromatic nitrogens is 1. The number of benzene rings is 1. The van der Waals surface area contributed by atoms with Gasteiger partial charge in [-0.2, -0.15) is 0 Å². The molecule has 0 atom stereocenters. The van der Waals surface area contributed by atoms with Crippen LogP contribution in [0, 0.1) is 18.6 Å². The Bertz CT molecular complexity index is 691. The number of carbonyl (C=O) groups excluding carboxylic acids is 1. The largest absolute Gasteiger partial charge is 0.337 e. The Morgan fingerprint density at radius 2 is 2.05 bits per heavy atom. The monoisotopic (exact) mass is 310 g/mol. The highest BCUT2D eigenvalue weighted by atomic mass is 35.5. The Morgan fingerprint density at radius 3 is 2.67 bits per heavy atom. The third-order valence-corrected chi connectivity index (χ3v) is 3.30. The minimum atomic E-state index is -0.692. The zero-order valence-corrected chi connectivity index (χ0v) is 12.3. The molecular weight excluding hydrogens is 298 g/mol. The summed E-state index contributed by atoms with van der Waals surface area (Å²) < 4.78 is 26.4. The number of hydrogen-bond acceptors (Lipinski definition) is 2. The molecule has 2 aromatic rings. The number of aryl methyl sites for hydroxylation is 1. The van der Waals surface area contributed by atoms with Crippen LogP contribution in [0.15, 0.2) is 30.5 Å². The Balaban J connectivity index is 2.19. The summed E-state index contributed by atoms with van der Waals surface area (Å²) >= 11 is 6.01. The van der Waals surface area contributed by atoms with Gasteiger partial charge in [0.05, 0.1) is 10.6 Å². The summed E-state index contributed by atoms with van der Waals surface area (Å²) in [6.07, 6.45) is 1.39. The molecule has 0 spiro atoms. The van der Waals surface area contributed by atoms with Crippen molar-refractivity contribution in [2.75, 3.05) is 7.05 Å². The summed E-state index contributed by atoms with van der Waals surface area (Å²) in [7, 11) is 1.52. The smallest absolute Gasteiger partial charge is 0.256 e. The Kier molecular flexibility index (Phi) is 4.53. The lowest BCUT2D eigenvalue weighted by atomic mass is 10.1. The highest BCUT2D eigenvalue weighted by molar-refractivity contribution is 6.33. The normalized spacial score (nSPS) is 10.5. The highest BCUT2D eigenvalue weighted by Gasteiger charge is 2.17. The van der Waals surface area contributed by atoms with Crippen LogP contribution in [0.2, 0.25) is 5.02 Å². The van der Waals surface area contributed by atoms with Gasteiger partial charge in [0.2, 0.25) is 0 Å². The van der Waals surface area contributed by atoms with E-state index in [4.69, 9.17) is 11.6 Å². The van der Waals surface area contributed by atoms with E-state index in [1.165, 1.54) is 24.2 Å². The van der Waals surface area contributed by atoms with Crippen molar-refractivity contribution in [2.45, 2.75) is 13.5 Å². The number of rotatable bonds is 3. The maximum absolute atomic E-state index is 13.6. The summed E-state index contributed by atoms with van der Waals surface area (Å²) in [5, 5.41) is 0.291. The molecule has 3 nitrogen and oxygen atoms in total. The van der Waals surface area contributed by atoms with E-state index in [1.807, 2.05) is 0 Å². The van der Waals surface area contributed by atoms with Gasteiger partial charge < -0.3 is 4.90 Å². The molecule has 0 saturated heterocycles. The molecule has 2 rings (SSSR count). The van der Waals surface area contributed by atoms with E-state index < -0.39 is 11.6 Å². The van der Waals surface area contributed by atoms with Crippen LogP contribution in [0.3, 0.4) is 0 Å². The fraction of sp³-hybridized carbons (Fsp3) is 0.200. The maximum Gasteiger partial charge on any atom is 0.256 e. The number of amides is 1. The van der Waals surface area contributed by atoms with Gasteiger partial charge in [0.1, 0.15) is 11.6 Å². The predicted molar refractivity (Wildman–Crippen MR) is 76.1 cm³/mol. The fourth-order valence-corrected chi connectivity index (χ4v) is 2.15. The van der Waals surface area contributed by atoms with Gasteiger partial charge in [-0.15, -0.1) is 0 Å². The lowest BCUT2D eigenvalue weighted by Crippen LogP contribution is -2.27. The minimum absolute atomic E-state index is 0.00908. The highest BCUT2D eigenvalue weighted by Crippen LogP contribution is 2.19. The first kappa shape index (κ1) is 15.4. The Morgan fingerprint density at radius 1 is 1.33 bits per heavy atom. The second-order valence-corrected chi connectivity index (χ2v) is 5.11. The van der Waals surface area contributed by atoms with Crippen LogP contribution < -0.4 is 0 Å². The minimum Gasteiger partial charge on any atom is -0.337 e. The molecule has 110 valence electrons. The van der Waals surface area contributed by atoms with Crippen LogP contribution in [0.5, 0.6) is 0 Å². The Labute approximate surface area is 126 Å². The van der Waals surface area contributed by atoms with Crippen molar-refractivity contribution in [1.82, 2.24) is 9.88 Å². The van der Waals surface area contributed by atoms with Gasteiger partial charge in [0, 0.05) is 37.1 Å². The maximum atomic E-state index is 13.6. The predicted octanol–water partition coefficient (Wildman–Crippen LogP) is 3.59. The molecular formula is C15H13ClF2N2O. The van der Waals surface area contributed by atoms with Gasteiger partial charge in [0.25, 0.3) is 5.91 Å². The third kappa shape index (κ3) is 3.55. The number of hydrogen-bond donors (Lipinski definition) is 0. The van der Waals surface area contributed by atoms with Crippen LogP contribution in [0.4, 0.5) is 8.78 Å². The summed E-state index contributed by atoms with van der Waals surface area (Å²) in [4.78, 5) is 17.6. The molecule has 0 radical (unpaired) electrons. The third-order valence-electron chi connectivity index (χ3n) is 2.99. The molecule has 0 bridgehead atoms. The van der Waals surface area contributed by atoms with Gasteiger partial charge in [-0.1, -0.05) is 17.7 Å². The molecule has 1 heterocycles. The molecule has 1 aromatic heterocycles. The van der Waals surface area contributed by atoms with Gasteiger partial charge in [-0.05, 0) is 19.1 Å². The second kappa shape index (κ2) is 6.18. The summed E-state index contributed by atoms with van der Waals surface area (Å²) in [5.41, 5.74) is 1.17. The molecule has 0 unspecified atom stereocenters. The average Bonchev–Trinajstić information content (AvgIpc) is 2.41. The lowest BCUT2D eigenvalue weighted by molar-refractivity contribution is 0.0783. The molecule has 0 fully saturated rings. The number of carbonyl (C=O) groups is 1. The van der Waals surface area contributed by atoms with E-state index in [0.29, 0.717) is 10.7 Å². The van der Waals surface area contributed by atoms with E-state index in [-0.39, 0.29) is 23.6 Å². The number of halogens is 3. The molecule has 0 saturated carbocycles. The van der Waals surface area contributed by atoms with Crippen LogP contribution in [-0.2, 0) is 6.54 Å². The molecule has 0 aliphatic carbocycles. The first-order valence-corrected chi connectivity index (χ1v) is 6.58. The first-order valence-electron chi connectivity index (χ1n) is 6.20. The molecule has 1 amide bonds. The van der Waals surface area contributed by atoms with Crippen molar-refractivity contribution in [3.63, 3.8) is 0 Å². The van der Waals surface area contributed by atoms with Crippen molar-refractivity contribution in [3.05, 3.63) is 63.9 Å². The summed E-state index contributed by atoms with van der Waals surface area (Å²) in [5.74, 6) is -1.73. The van der Waals surface area contributed by atoms with E-state index in [1.54, 1.807) is 13.0 Å². The second-order valence-electron chi connectivity index (χ2n) is 4.70. The van der Waals surface area contributed by atoms with Gasteiger partial charge in [-0.25, -0.2) is 8.78 Å². The van der Waals surface area contributed by atoms with Crippen LogP contribution in [0.25, 0.3) is 0 Å². The summed E-state index contributed by atoms with van der Waals surface area (Å²) in [6.45, 7) is 1.77. The molecule has 21 heavy (non-hydrogen) atoms. The van der Waals surface area contributed by atoms with Crippen LogP contribution in [0.1, 0.15) is 21.6 Å². The van der Waals surface area contributed by atoms with Crippen LogP contribution in [-0.4, -0.2) is 22.8 Å². The SMILES string of the molecule is Cc1cc(Cl)c(C(=O)N(C)Cc2ccc(F)cc2F)cn1. The number of nitrogens with zero attached hydrogens (tertiary/aromatic N) is 2. The van der Waals surface area contributed by atoms with Gasteiger partial charge in [-0.3, -0.25) is 9.78 Å². The molecule has 0 N–H and O–H groups in total. The molecule has 0 aliphatic heterocycles. The Hall–Kier alpha value is -2.01. The van der Waals surface area contributed by atoms with Crippen molar-refractivity contribution >= 4 is 17.5 Å². The van der Waals surface area contributed by atoms with Crippen molar-refractivity contribution in [2.24, 2.45) is 0 Å². The molecule has 0 aliphatic rings. The van der Waals surface area contributed by atoms with E-state index in [0.717, 1.165) is 12.1 Å². The van der Waals surface area contributed by atoms with Crippen LogP contribution >= 0.6 is 11.6 Å².